The van der Waals surface area contributed by atoms with Crippen molar-refractivity contribution < 1.29 is 0 Å². The molecule has 56 heavy (non-hydrogen) atoms. The highest BCUT2D eigenvalue weighted by Crippen LogP contribution is 2.55. The van der Waals surface area contributed by atoms with Gasteiger partial charge in [0.2, 0.25) is 0 Å². The van der Waals surface area contributed by atoms with Gasteiger partial charge in [0, 0.05) is 17.1 Å². The predicted molar refractivity (Wildman–Crippen MR) is 241 cm³/mol. The maximum absolute atomic E-state index is 8.04. The first-order chi connectivity index (χ1) is 27.5. The van der Waals surface area contributed by atoms with Crippen LogP contribution in [0.1, 0.15) is 13.8 Å². The third kappa shape index (κ3) is 5.90. The van der Waals surface area contributed by atoms with Crippen molar-refractivity contribution in [1.82, 2.24) is 0 Å². The van der Waals surface area contributed by atoms with Gasteiger partial charge in [0.25, 0.3) is 0 Å². The van der Waals surface area contributed by atoms with Crippen LogP contribution in [0.15, 0.2) is 218 Å². The molecule has 0 atom stereocenters. The number of halogens is 1. The van der Waals surface area contributed by atoms with Gasteiger partial charge in [-0.3, -0.25) is 0 Å². The summed E-state index contributed by atoms with van der Waals surface area (Å²) in [6.45, 7) is 4.59. The molecule has 1 heterocycles. The van der Waals surface area contributed by atoms with Crippen LogP contribution in [0.2, 0.25) is 5.02 Å². The summed E-state index contributed by atoms with van der Waals surface area (Å²) in [5, 5.41) is 5.81. The first kappa shape index (κ1) is 35.4. The number of nitrogens with zero attached hydrogens (tertiary/aromatic N) is 3. The van der Waals surface area contributed by atoms with E-state index in [2.05, 4.69) is 247 Å². The number of hydrogen-bond acceptors (Lipinski definition) is 3. The van der Waals surface area contributed by atoms with Crippen molar-refractivity contribution in [2.24, 2.45) is 0 Å². The molecule has 1 aliphatic heterocycles. The van der Waals surface area contributed by atoms with Gasteiger partial charge in [-0.2, -0.15) is 0 Å². The average Bonchev–Trinajstić information content (AvgIpc) is 3.50. The number of hydrogen-bond donors (Lipinski definition) is 0. The van der Waals surface area contributed by atoms with E-state index in [4.69, 9.17) is 11.6 Å². The molecule has 3 nitrogen and oxygen atoms in total. The fourth-order valence-electron chi connectivity index (χ4n) is 8.77. The third-order valence-corrected chi connectivity index (χ3v) is 16.2. The predicted octanol–water partition coefficient (Wildman–Crippen LogP) is 11.2. The third-order valence-electron chi connectivity index (χ3n) is 11.1. The minimum atomic E-state index is -3.03. The fourth-order valence-corrected chi connectivity index (χ4v) is 13.8. The van der Waals surface area contributed by atoms with Gasteiger partial charge in [0.15, 0.2) is 8.07 Å². The Bertz CT molecular complexity index is 2430. The molecule has 0 saturated heterocycles. The minimum Gasteiger partial charge on any atom is -0.316 e. The lowest BCUT2D eigenvalue weighted by molar-refractivity contribution is 0.540. The second-order valence-corrected chi connectivity index (χ2v) is 18.9. The highest BCUT2D eigenvalue weighted by atomic mass is 35.5. The molecule has 0 fully saturated rings. The van der Waals surface area contributed by atoms with E-state index in [1.54, 1.807) is 0 Å². The summed E-state index contributed by atoms with van der Waals surface area (Å²) in [6.07, 6.45) is 0. The SMILES string of the molecule is CC1(C)N(c2ccccc2)c2ccccc2N1c1cc([Si](c2ccccc2)(c2ccccc2)c2ccccc2)cc(N(c2ccccc2)c2ccccc2)c1Cl. The number of para-hydroxylation sites is 5. The summed E-state index contributed by atoms with van der Waals surface area (Å²) in [5.41, 5.74) is 6.73. The van der Waals surface area contributed by atoms with Crippen molar-refractivity contribution in [3.63, 3.8) is 0 Å². The Labute approximate surface area is 336 Å². The van der Waals surface area contributed by atoms with Gasteiger partial charge in [-0.15, -0.1) is 0 Å². The van der Waals surface area contributed by atoms with Gasteiger partial charge in [0.05, 0.1) is 27.8 Å². The zero-order chi connectivity index (χ0) is 38.1. The van der Waals surface area contributed by atoms with Crippen LogP contribution in [0, 0.1) is 0 Å². The van der Waals surface area contributed by atoms with Crippen molar-refractivity contribution in [2.45, 2.75) is 19.5 Å². The Balaban J connectivity index is 1.43. The molecular formula is C51H42ClN3Si. The first-order valence-electron chi connectivity index (χ1n) is 19.1. The van der Waals surface area contributed by atoms with Crippen molar-refractivity contribution in [3.05, 3.63) is 223 Å². The monoisotopic (exact) mass is 759 g/mol. The summed E-state index contributed by atoms with van der Waals surface area (Å²) in [7, 11) is -3.03. The fraction of sp³-hybridized carbons (Fsp3) is 0.0588. The van der Waals surface area contributed by atoms with Crippen LogP contribution in [0.5, 0.6) is 0 Å². The van der Waals surface area contributed by atoms with Crippen LogP contribution in [-0.2, 0) is 0 Å². The molecule has 272 valence electrons. The molecule has 0 spiro atoms. The zero-order valence-corrected chi connectivity index (χ0v) is 33.3. The molecule has 0 unspecified atom stereocenters. The van der Waals surface area contributed by atoms with Crippen LogP contribution in [0.25, 0.3) is 0 Å². The second kappa shape index (κ2) is 14.7. The van der Waals surface area contributed by atoms with Crippen LogP contribution >= 0.6 is 11.6 Å². The van der Waals surface area contributed by atoms with E-state index in [1.165, 1.54) is 20.7 Å². The summed E-state index contributed by atoms with van der Waals surface area (Å²) in [5.74, 6) is 0. The number of benzene rings is 8. The normalized spacial score (nSPS) is 13.3. The topological polar surface area (TPSA) is 9.72 Å². The molecular weight excluding hydrogens is 718 g/mol. The Hall–Kier alpha value is -6.33. The van der Waals surface area contributed by atoms with E-state index in [1.807, 2.05) is 0 Å². The zero-order valence-electron chi connectivity index (χ0n) is 31.5. The Kier molecular flexibility index (Phi) is 9.30. The molecule has 0 aromatic heterocycles. The molecule has 0 radical (unpaired) electrons. The van der Waals surface area contributed by atoms with Crippen molar-refractivity contribution >= 4 is 80.2 Å². The highest BCUT2D eigenvalue weighted by Gasteiger charge is 2.47. The molecule has 5 heteroatoms. The Morgan fingerprint density at radius 2 is 0.786 bits per heavy atom. The van der Waals surface area contributed by atoms with E-state index in [0.29, 0.717) is 5.02 Å². The van der Waals surface area contributed by atoms with Crippen LogP contribution in [0.3, 0.4) is 0 Å². The van der Waals surface area contributed by atoms with Crippen LogP contribution in [-0.4, -0.2) is 13.7 Å². The first-order valence-corrected chi connectivity index (χ1v) is 21.5. The molecule has 0 N–H and O–H groups in total. The van der Waals surface area contributed by atoms with E-state index in [0.717, 1.165) is 39.8 Å². The van der Waals surface area contributed by atoms with Crippen molar-refractivity contribution in [2.75, 3.05) is 14.7 Å². The molecule has 0 aliphatic carbocycles. The minimum absolute atomic E-state index is 0.550. The van der Waals surface area contributed by atoms with Gasteiger partial charge < -0.3 is 14.7 Å². The molecule has 0 bridgehead atoms. The van der Waals surface area contributed by atoms with Crippen LogP contribution in [0.4, 0.5) is 39.8 Å². The maximum atomic E-state index is 8.04. The Morgan fingerprint density at radius 3 is 1.23 bits per heavy atom. The van der Waals surface area contributed by atoms with E-state index < -0.39 is 13.7 Å². The summed E-state index contributed by atoms with van der Waals surface area (Å²) >= 11 is 8.04. The summed E-state index contributed by atoms with van der Waals surface area (Å²) < 4.78 is 0. The quantitative estimate of drug-likeness (QED) is 0.107. The summed E-state index contributed by atoms with van der Waals surface area (Å²) in [6, 6.07) is 78.7. The van der Waals surface area contributed by atoms with Gasteiger partial charge >= 0.3 is 0 Å². The largest absolute Gasteiger partial charge is 0.316 e. The van der Waals surface area contributed by atoms with Crippen LogP contribution < -0.4 is 35.4 Å². The summed E-state index contributed by atoms with van der Waals surface area (Å²) in [4.78, 5) is 7.21. The molecule has 0 saturated carbocycles. The van der Waals surface area contributed by atoms with Gasteiger partial charge in [-0.05, 0) is 95.3 Å². The van der Waals surface area contributed by atoms with Crippen molar-refractivity contribution in [3.8, 4) is 0 Å². The highest BCUT2D eigenvalue weighted by molar-refractivity contribution is 7.20. The lowest BCUT2D eigenvalue weighted by atomic mass is 10.1. The van der Waals surface area contributed by atoms with E-state index >= 15 is 0 Å². The lowest BCUT2D eigenvalue weighted by Crippen LogP contribution is -2.74. The second-order valence-electron chi connectivity index (χ2n) is 14.7. The standard InChI is InChI=1S/C51H42ClN3Si/c1-51(2)54(41-27-13-5-14-28-41)46-35-21-22-36-47(46)55(51)49-38-45(37-48(50(49)52)53(39-23-9-3-10-24-39)40-25-11-4-12-26-40)56(42-29-15-6-16-30-42,43-31-17-7-18-32-43)44-33-19-8-20-34-44/h3-38H,1-2H3. The van der Waals surface area contributed by atoms with Gasteiger partial charge in [0.1, 0.15) is 5.66 Å². The average molecular weight is 760 g/mol. The smallest absolute Gasteiger partial charge is 0.179 e. The molecule has 8 aromatic carbocycles. The lowest BCUT2D eigenvalue weighted by Gasteiger charge is -2.42. The van der Waals surface area contributed by atoms with E-state index in [-0.39, 0.29) is 0 Å². The molecule has 1 aliphatic rings. The molecule has 9 rings (SSSR count). The Morgan fingerprint density at radius 1 is 0.411 bits per heavy atom. The van der Waals surface area contributed by atoms with Gasteiger partial charge in [-0.1, -0.05) is 169 Å². The molecule has 0 amide bonds. The van der Waals surface area contributed by atoms with Crippen molar-refractivity contribution in [1.29, 1.82) is 0 Å². The number of rotatable bonds is 9. The number of fused-ring (bicyclic) bond motifs is 1. The maximum Gasteiger partial charge on any atom is 0.179 e. The van der Waals surface area contributed by atoms with E-state index in [9.17, 15) is 0 Å². The number of anilines is 7. The molecule has 8 aromatic rings. The van der Waals surface area contributed by atoms with Gasteiger partial charge in [-0.25, -0.2) is 0 Å².